The Hall–Kier alpha value is -2.43. The van der Waals surface area contributed by atoms with Gasteiger partial charge in [0.15, 0.2) is 0 Å². The summed E-state index contributed by atoms with van der Waals surface area (Å²) >= 11 is 0. The normalized spacial score (nSPS) is 11.9. The van der Waals surface area contributed by atoms with Crippen molar-refractivity contribution in [1.29, 1.82) is 0 Å². The van der Waals surface area contributed by atoms with Crippen LogP contribution in [0.25, 0.3) is 16.6 Å². The van der Waals surface area contributed by atoms with Crippen LogP contribution in [0.2, 0.25) is 0 Å². The van der Waals surface area contributed by atoms with Gasteiger partial charge in [0, 0.05) is 11.1 Å². The number of fused-ring (bicyclic) bond motifs is 1. The molecule has 2 nitrogen and oxygen atoms in total. The lowest BCUT2D eigenvalue weighted by Gasteiger charge is -2.10. The number of nitrogens with zero attached hydrogens (tertiary/aromatic N) is 1. The minimum Gasteiger partial charge on any atom is -0.385 e. The van der Waals surface area contributed by atoms with Crippen molar-refractivity contribution in [2.24, 2.45) is 0 Å². The molecule has 0 saturated heterocycles. The Morgan fingerprint density at radius 3 is 2.20 bits per heavy atom. The van der Waals surface area contributed by atoms with E-state index >= 15 is 0 Å². The fraction of sp³-hybridized carbons (Fsp3) is 0.0667. The summed E-state index contributed by atoms with van der Waals surface area (Å²) in [6.07, 6.45) is -4.33. The quantitative estimate of drug-likeness (QED) is 0.708. The Kier molecular flexibility index (Phi) is 2.71. The fourth-order valence-electron chi connectivity index (χ4n) is 2.26. The number of rotatable bonds is 1. The number of halogens is 3. The van der Waals surface area contributed by atoms with E-state index in [1.165, 1.54) is 12.1 Å². The van der Waals surface area contributed by atoms with E-state index in [9.17, 15) is 13.2 Å². The first-order valence-electron chi connectivity index (χ1n) is 6.00. The fourth-order valence-corrected chi connectivity index (χ4v) is 2.26. The van der Waals surface area contributed by atoms with Gasteiger partial charge >= 0.3 is 6.18 Å². The molecule has 0 unspecified atom stereocenters. The minimum atomic E-state index is -4.33. The van der Waals surface area contributed by atoms with Crippen LogP contribution in [-0.2, 0) is 6.18 Å². The van der Waals surface area contributed by atoms with Crippen LogP contribution in [0.1, 0.15) is 5.56 Å². The van der Waals surface area contributed by atoms with Gasteiger partial charge in [-0.15, -0.1) is 0 Å². The summed E-state index contributed by atoms with van der Waals surface area (Å²) in [5, 5.41) is 0.949. The maximum absolute atomic E-state index is 12.6. The first kappa shape index (κ1) is 12.6. The molecule has 0 bridgehead atoms. The second-order valence-electron chi connectivity index (χ2n) is 4.51. The molecule has 102 valence electrons. The molecule has 0 aliphatic carbocycles. The number of para-hydroxylation sites is 1. The Morgan fingerprint density at radius 2 is 1.55 bits per heavy atom. The average molecular weight is 276 g/mol. The van der Waals surface area contributed by atoms with E-state index in [4.69, 9.17) is 5.73 Å². The lowest BCUT2D eigenvalue weighted by Crippen LogP contribution is -2.05. The molecule has 20 heavy (non-hydrogen) atoms. The van der Waals surface area contributed by atoms with Gasteiger partial charge in [-0.25, -0.2) is 0 Å². The third-order valence-electron chi connectivity index (χ3n) is 3.19. The number of nitrogens with two attached hydrogens (primary N) is 1. The molecular weight excluding hydrogens is 265 g/mol. The van der Waals surface area contributed by atoms with Gasteiger partial charge in [-0.05, 0) is 36.4 Å². The van der Waals surface area contributed by atoms with Crippen molar-refractivity contribution in [2.45, 2.75) is 6.18 Å². The molecule has 2 aromatic carbocycles. The second kappa shape index (κ2) is 4.30. The summed E-state index contributed by atoms with van der Waals surface area (Å²) < 4.78 is 39.4. The highest BCUT2D eigenvalue weighted by Crippen LogP contribution is 2.31. The molecule has 0 saturated carbocycles. The van der Waals surface area contributed by atoms with E-state index in [1.807, 2.05) is 24.3 Å². The Morgan fingerprint density at radius 1 is 0.900 bits per heavy atom. The number of hydrogen-bond donors (Lipinski definition) is 1. The zero-order valence-electron chi connectivity index (χ0n) is 10.4. The molecule has 3 rings (SSSR count). The molecule has 1 heterocycles. The highest BCUT2D eigenvalue weighted by molar-refractivity contribution is 5.86. The monoisotopic (exact) mass is 276 g/mol. The molecule has 0 aliphatic rings. The van der Waals surface area contributed by atoms with E-state index in [0.717, 1.165) is 23.0 Å². The third-order valence-corrected chi connectivity index (χ3v) is 3.19. The number of aromatic nitrogens is 1. The smallest absolute Gasteiger partial charge is 0.385 e. The van der Waals surface area contributed by atoms with Crippen molar-refractivity contribution in [2.75, 3.05) is 5.73 Å². The number of alkyl halides is 3. The van der Waals surface area contributed by atoms with Crippen molar-refractivity contribution in [3.63, 3.8) is 0 Å². The van der Waals surface area contributed by atoms with Gasteiger partial charge in [-0.1, -0.05) is 18.2 Å². The van der Waals surface area contributed by atoms with Crippen LogP contribution in [0.5, 0.6) is 0 Å². The van der Waals surface area contributed by atoms with Crippen molar-refractivity contribution in [3.05, 3.63) is 60.2 Å². The van der Waals surface area contributed by atoms with E-state index in [2.05, 4.69) is 0 Å². The molecule has 0 atom stereocenters. The molecule has 1 aromatic heterocycles. The number of benzene rings is 2. The molecule has 0 spiro atoms. The predicted molar refractivity (Wildman–Crippen MR) is 72.7 cm³/mol. The van der Waals surface area contributed by atoms with Crippen LogP contribution in [0, 0.1) is 0 Å². The van der Waals surface area contributed by atoms with Gasteiger partial charge in [-0.3, -0.25) is 4.57 Å². The summed E-state index contributed by atoms with van der Waals surface area (Å²) in [6.45, 7) is 0. The van der Waals surface area contributed by atoms with Crippen LogP contribution in [0.4, 0.5) is 19.0 Å². The zero-order chi connectivity index (χ0) is 14.3. The zero-order valence-corrected chi connectivity index (χ0v) is 10.4. The molecule has 0 fully saturated rings. The van der Waals surface area contributed by atoms with Gasteiger partial charge in [0.2, 0.25) is 0 Å². The van der Waals surface area contributed by atoms with E-state index in [1.54, 1.807) is 10.6 Å². The Balaban J connectivity index is 2.14. The van der Waals surface area contributed by atoms with Crippen LogP contribution in [-0.4, -0.2) is 4.57 Å². The van der Waals surface area contributed by atoms with Crippen LogP contribution in [0.15, 0.2) is 54.6 Å². The summed E-state index contributed by atoms with van der Waals surface area (Å²) in [4.78, 5) is 0. The van der Waals surface area contributed by atoms with E-state index in [0.29, 0.717) is 11.5 Å². The molecular formula is C15H11F3N2. The minimum absolute atomic E-state index is 0.492. The van der Waals surface area contributed by atoms with Crippen molar-refractivity contribution < 1.29 is 13.2 Å². The van der Waals surface area contributed by atoms with Crippen molar-refractivity contribution >= 4 is 16.7 Å². The summed E-state index contributed by atoms with van der Waals surface area (Å²) in [5.41, 5.74) is 6.75. The van der Waals surface area contributed by atoms with Crippen LogP contribution < -0.4 is 5.73 Å². The van der Waals surface area contributed by atoms with Gasteiger partial charge in [0.05, 0.1) is 11.1 Å². The predicted octanol–water partition coefficient (Wildman–Crippen LogP) is 4.23. The second-order valence-corrected chi connectivity index (χ2v) is 4.51. The lowest BCUT2D eigenvalue weighted by molar-refractivity contribution is -0.137. The standard InChI is InChI=1S/C15H11F3N2/c16-15(17,18)11-5-7-12(8-6-11)20-13-4-2-1-3-10(13)9-14(20)19/h1-9H,19H2. The van der Waals surface area contributed by atoms with Crippen molar-refractivity contribution in [1.82, 2.24) is 4.57 Å². The topological polar surface area (TPSA) is 30.9 Å². The largest absolute Gasteiger partial charge is 0.416 e. The van der Waals surface area contributed by atoms with Gasteiger partial charge in [-0.2, -0.15) is 13.2 Å². The first-order chi connectivity index (χ1) is 9.47. The number of nitrogen functional groups attached to an aromatic ring is 1. The van der Waals surface area contributed by atoms with E-state index in [-0.39, 0.29) is 0 Å². The van der Waals surface area contributed by atoms with Gasteiger partial charge in [0.25, 0.3) is 0 Å². The van der Waals surface area contributed by atoms with Gasteiger partial charge in [0.1, 0.15) is 5.82 Å². The molecule has 0 amide bonds. The average Bonchev–Trinajstić information content (AvgIpc) is 2.73. The highest BCUT2D eigenvalue weighted by Gasteiger charge is 2.30. The third kappa shape index (κ3) is 2.01. The Labute approximate surface area is 113 Å². The van der Waals surface area contributed by atoms with Crippen LogP contribution >= 0.6 is 0 Å². The molecule has 3 aromatic rings. The maximum Gasteiger partial charge on any atom is 0.416 e. The van der Waals surface area contributed by atoms with Gasteiger partial charge < -0.3 is 5.73 Å². The lowest BCUT2D eigenvalue weighted by atomic mass is 10.2. The van der Waals surface area contributed by atoms with Crippen LogP contribution in [0.3, 0.4) is 0 Å². The number of anilines is 1. The summed E-state index contributed by atoms with van der Waals surface area (Å²) in [7, 11) is 0. The van der Waals surface area contributed by atoms with Crippen molar-refractivity contribution in [3.8, 4) is 5.69 Å². The molecule has 0 radical (unpaired) electrons. The highest BCUT2D eigenvalue weighted by atomic mass is 19.4. The summed E-state index contributed by atoms with van der Waals surface area (Å²) in [6, 6.07) is 14.3. The van der Waals surface area contributed by atoms with E-state index < -0.39 is 11.7 Å². The molecule has 5 heteroatoms. The molecule has 2 N–H and O–H groups in total. The Bertz CT molecular complexity index is 755. The number of hydrogen-bond acceptors (Lipinski definition) is 1. The summed E-state index contributed by atoms with van der Waals surface area (Å²) in [5.74, 6) is 0.492. The SMILES string of the molecule is Nc1cc2ccccc2n1-c1ccc(C(F)(F)F)cc1. The maximum atomic E-state index is 12.6. The molecule has 0 aliphatic heterocycles. The first-order valence-corrected chi connectivity index (χ1v) is 6.00.